The van der Waals surface area contributed by atoms with E-state index in [0.29, 0.717) is 5.70 Å². The molecule has 0 saturated carbocycles. The van der Waals surface area contributed by atoms with E-state index < -0.39 is 0 Å². The van der Waals surface area contributed by atoms with Gasteiger partial charge in [0.05, 0.1) is 5.70 Å². The van der Waals surface area contributed by atoms with Crippen molar-refractivity contribution in [3.05, 3.63) is 11.8 Å². The Morgan fingerprint density at radius 3 is 2.78 bits per heavy atom. The van der Waals surface area contributed by atoms with Crippen molar-refractivity contribution >= 4 is 5.78 Å². The summed E-state index contributed by atoms with van der Waals surface area (Å²) in [6.45, 7) is 2.30. The van der Waals surface area contributed by atoms with Crippen LogP contribution in [-0.2, 0) is 4.79 Å². The molecule has 0 bridgehead atoms. The van der Waals surface area contributed by atoms with E-state index in [1.165, 1.54) is 11.9 Å². The van der Waals surface area contributed by atoms with E-state index >= 15 is 0 Å². The monoisotopic (exact) mass is 126 g/mol. The van der Waals surface area contributed by atoms with Crippen LogP contribution >= 0.6 is 0 Å². The Hall–Kier alpha value is -0.830. The van der Waals surface area contributed by atoms with Gasteiger partial charge in [0.15, 0.2) is 5.78 Å². The topological polar surface area (TPSA) is 46.3 Å². The molecule has 2 N–H and O–H groups in total. The molecule has 1 aliphatic heterocycles. The van der Waals surface area contributed by atoms with Gasteiger partial charge in [-0.15, -0.1) is 0 Å². The second kappa shape index (κ2) is 2.19. The largest absolute Gasteiger partial charge is 0.308 e. The SMILES string of the molecule is CC(=O)C1=CCCN1N. The first-order valence-electron chi connectivity index (χ1n) is 2.95. The Bertz CT molecular complexity index is 162. The molecule has 0 fully saturated rings. The first-order valence-corrected chi connectivity index (χ1v) is 2.95. The average Bonchev–Trinajstić information content (AvgIpc) is 2.13. The molecule has 0 aromatic carbocycles. The van der Waals surface area contributed by atoms with Crippen molar-refractivity contribution in [2.24, 2.45) is 5.84 Å². The zero-order valence-electron chi connectivity index (χ0n) is 5.42. The van der Waals surface area contributed by atoms with Gasteiger partial charge in [0.2, 0.25) is 0 Å². The lowest BCUT2D eigenvalue weighted by atomic mass is 10.3. The Balaban J connectivity index is 2.68. The molecule has 0 aliphatic carbocycles. The molecule has 0 saturated heterocycles. The number of Topliss-reactive ketones (excluding diaryl/α,β-unsaturated/α-hetero) is 1. The first kappa shape index (κ1) is 6.29. The number of allylic oxidation sites excluding steroid dienone is 1. The zero-order chi connectivity index (χ0) is 6.85. The number of hydrogen-bond donors (Lipinski definition) is 1. The lowest BCUT2D eigenvalue weighted by molar-refractivity contribution is -0.114. The third-order valence-electron chi connectivity index (χ3n) is 1.38. The fourth-order valence-electron chi connectivity index (χ4n) is 0.924. The van der Waals surface area contributed by atoms with Gasteiger partial charge in [-0.25, -0.2) is 5.84 Å². The van der Waals surface area contributed by atoms with E-state index in [9.17, 15) is 4.79 Å². The number of carbonyl (C=O) groups excluding carboxylic acids is 1. The van der Waals surface area contributed by atoms with Crippen LogP contribution in [-0.4, -0.2) is 17.3 Å². The van der Waals surface area contributed by atoms with Gasteiger partial charge in [0.1, 0.15) is 0 Å². The van der Waals surface area contributed by atoms with Crippen molar-refractivity contribution in [3.8, 4) is 0 Å². The fourth-order valence-corrected chi connectivity index (χ4v) is 0.924. The quantitative estimate of drug-likeness (QED) is 0.504. The normalized spacial score (nSPS) is 18.0. The lowest BCUT2D eigenvalue weighted by Gasteiger charge is -2.11. The molecule has 3 nitrogen and oxygen atoms in total. The minimum atomic E-state index is 0.0509. The molecule has 50 valence electrons. The highest BCUT2D eigenvalue weighted by molar-refractivity contribution is 5.92. The van der Waals surface area contributed by atoms with Crippen molar-refractivity contribution < 1.29 is 4.79 Å². The van der Waals surface area contributed by atoms with Gasteiger partial charge in [0.25, 0.3) is 0 Å². The highest BCUT2D eigenvalue weighted by Gasteiger charge is 2.14. The highest BCUT2D eigenvalue weighted by Crippen LogP contribution is 2.09. The van der Waals surface area contributed by atoms with Gasteiger partial charge in [-0.1, -0.05) is 6.08 Å². The molecule has 1 heterocycles. The maximum Gasteiger partial charge on any atom is 0.176 e. The summed E-state index contributed by atoms with van der Waals surface area (Å²) in [5.41, 5.74) is 0.648. The van der Waals surface area contributed by atoms with Crippen LogP contribution < -0.4 is 5.84 Å². The Labute approximate surface area is 54.1 Å². The molecule has 3 heteroatoms. The molecule has 0 radical (unpaired) electrons. The second-order valence-corrected chi connectivity index (χ2v) is 2.13. The van der Waals surface area contributed by atoms with E-state index in [2.05, 4.69) is 0 Å². The highest BCUT2D eigenvalue weighted by atomic mass is 16.1. The van der Waals surface area contributed by atoms with Crippen LogP contribution in [0.15, 0.2) is 11.8 Å². The minimum absolute atomic E-state index is 0.0509. The average molecular weight is 126 g/mol. The molecule has 0 amide bonds. The summed E-state index contributed by atoms with van der Waals surface area (Å²) in [5, 5.41) is 1.49. The third kappa shape index (κ3) is 1.10. The van der Waals surface area contributed by atoms with Crippen molar-refractivity contribution in [3.63, 3.8) is 0 Å². The van der Waals surface area contributed by atoms with Crippen LogP contribution in [0, 0.1) is 0 Å². The van der Waals surface area contributed by atoms with Gasteiger partial charge in [-0.2, -0.15) is 0 Å². The Morgan fingerprint density at radius 1 is 1.89 bits per heavy atom. The summed E-state index contributed by atoms with van der Waals surface area (Å²) in [4.78, 5) is 10.7. The predicted octanol–water partition coefficient (Wildman–Crippen LogP) is 0.0387. The molecule has 9 heavy (non-hydrogen) atoms. The number of nitrogens with two attached hydrogens (primary N) is 1. The first-order chi connectivity index (χ1) is 4.22. The maximum atomic E-state index is 10.7. The van der Waals surface area contributed by atoms with E-state index in [1.54, 1.807) is 0 Å². The van der Waals surface area contributed by atoms with E-state index in [0.717, 1.165) is 13.0 Å². The molecular weight excluding hydrogens is 116 g/mol. The lowest BCUT2D eigenvalue weighted by Crippen LogP contribution is -2.29. The molecule has 0 aromatic heterocycles. The van der Waals surface area contributed by atoms with Crippen molar-refractivity contribution in [1.29, 1.82) is 0 Å². The summed E-state index contributed by atoms with van der Waals surface area (Å²) in [7, 11) is 0. The van der Waals surface area contributed by atoms with Crippen LogP contribution in [0.3, 0.4) is 0 Å². The summed E-state index contributed by atoms with van der Waals surface area (Å²) >= 11 is 0. The van der Waals surface area contributed by atoms with Crippen molar-refractivity contribution in [1.82, 2.24) is 5.01 Å². The van der Waals surface area contributed by atoms with Crippen LogP contribution in [0.5, 0.6) is 0 Å². The zero-order valence-corrected chi connectivity index (χ0v) is 5.42. The smallest absolute Gasteiger partial charge is 0.176 e. The molecule has 0 atom stereocenters. The number of hydrazine groups is 1. The summed E-state index contributed by atoms with van der Waals surface area (Å²) in [5.74, 6) is 5.48. The van der Waals surface area contributed by atoms with E-state index in [4.69, 9.17) is 5.84 Å². The maximum absolute atomic E-state index is 10.7. The number of rotatable bonds is 1. The van der Waals surface area contributed by atoms with E-state index in [-0.39, 0.29) is 5.78 Å². The molecule has 0 aromatic rings. The number of hydrogen-bond acceptors (Lipinski definition) is 3. The summed E-state index contributed by atoms with van der Waals surface area (Å²) in [6.07, 6.45) is 2.76. The minimum Gasteiger partial charge on any atom is -0.308 e. The standard InChI is InChI=1S/C6H10N2O/c1-5(9)6-3-2-4-8(6)7/h3H,2,4,7H2,1H3. The number of ketones is 1. The summed E-state index contributed by atoms with van der Waals surface area (Å²) < 4.78 is 0. The van der Waals surface area contributed by atoms with Crippen molar-refractivity contribution in [2.75, 3.05) is 6.54 Å². The summed E-state index contributed by atoms with van der Waals surface area (Å²) in [6, 6.07) is 0. The van der Waals surface area contributed by atoms with Gasteiger partial charge < -0.3 is 5.01 Å². The van der Waals surface area contributed by atoms with E-state index in [1.807, 2.05) is 6.08 Å². The van der Waals surface area contributed by atoms with Crippen LogP contribution in [0.2, 0.25) is 0 Å². The molecule has 1 aliphatic rings. The van der Waals surface area contributed by atoms with Gasteiger partial charge >= 0.3 is 0 Å². The van der Waals surface area contributed by atoms with Gasteiger partial charge in [0, 0.05) is 13.5 Å². The fraction of sp³-hybridized carbons (Fsp3) is 0.500. The van der Waals surface area contributed by atoms with Crippen LogP contribution in [0.4, 0.5) is 0 Å². The Morgan fingerprint density at radius 2 is 2.56 bits per heavy atom. The van der Waals surface area contributed by atoms with Crippen LogP contribution in [0.25, 0.3) is 0 Å². The molecule has 0 spiro atoms. The third-order valence-corrected chi connectivity index (χ3v) is 1.38. The molecule has 1 rings (SSSR count). The van der Waals surface area contributed by atoms with Gasteiger partial charge in [-0.05, 0) is 6.42 Å². The Kier molecular flexibility index (Phi) is 1.53. The molecule has 0 unspecified atom stereocenters. The number of carbonyl (C=O) groups is 1. The predicted molar refractivity (Wildman–Crippen MR) is 34.3 cm³/mol. The molecular formula is C6H10N2O. The van der Waals surface area contributed by atoms with Crippen molar-refractivity contribution in [2.45, 2.75) is 13.3 Å². The number of nitrogens with zero attached hydrogens (tertiary/aromatic N) is 1. The van der Waals surface area contributed by atoms with Crippen LogP contribution in [0.1, 0.15) is 13.3 Å². The van der Waals surface area contributed by atoms with Gasteiger partial charge in [-0.3, -0.25) is 4.79 Å². The second-order valence-electron chi connectivity index (χ2n) is 2.13.